The molecule has 4 rings (SSSR count). The van der Waals surface area contributed by atoms with Gasteiger partial charge in [0.05, 0.1) is 5.69 Å². The maximum Gasteiger partial charge on any atom is 0.253 e. The van der Waals surface area contributed by atoms with Crippen LogP contribution in [0.25, 0.3) is 11.3 Å². The van der Waals surface area contributed by atoms with Crippen LogP contribution in [-0.4, -0.2) is 78.3 Å². The quantitative estimate of drug-likeness (QED) is 0.788. The van der Waals surface area contributed by atoms with Crippen molar-refractivity contribution in [2.45, 2.75) is 12.5 Å². The molecule has 1 aromatic carbocycles. The monoisotopic (exact) mass is 438 g/mol. The number of aromatic nitrogens is 2. The summed E-state index contributed by atoms with van der Waals surface area (Å²) in [4.78, 5) is 19.1. The molecule has 2 aliphatic heterocycles. The summed E-state index contributed by atoms with van der Waals surface area (Å²) in [7, 11) is 2.14. The van der Waals surface area contributed by atoms with E-state index in [-0.39, 0.29) is 36.8 Å². The summed E-state index contributed by atoms with van der Waals surface area (Å²) < 4.78 is 0. The Morgan fingerprint density at radius 1 is 1.03 bits per heavy atom. The highest BCUT2D eigenvalue weighted by Gasteiger charge is 2.24. The second-order valence-corrected chi connectivity index (χ2v) is 7.45. The second-order valence-electron chi connectivity index (χ2n) is 7.45. The number of halogens is 2. The maximum absolute atomic E-state index is 12.7. The number of nitrogens with two attached hydrogens (primary N) is 1. The first-order chi connectivity index (χ1) is 13.1. The molecule has 158 valence electrons. The van der Waals surface area contributed by atoms with E-state index >= 15 is 0 Å². The van der Waals surface area contributed by atoms with Crippen molar-refractivity contribution in [3.63, 3.8) is 0 Å². The van der Waals surface area contributed by atoms with Crippen molar-refractivity contribution in [1.29, 1.82) is 0 Å². The van der Waals surface area contributed by atoms with Crippen molar-refractivity contribution in [1.82, 2.24) is 20.0 Å². The fourth-order valence-corrected chi connectivity index (χ4v) is 3.65. The number of piperazine rings is 1. The zero-order valence-electron chi connectivity index (χ0n) is 16.5. The maximum atomic E-state index is 12.7. The normalized spacial score (nSPS) is 19.4. The fraction of sp³-hybridized carbons (Fsp3) is 0.450. The van der Waals surface area contributed by atoms with Gasteiger partial charge >= 0.3 is 0 Å². The molecular weight excluding hydrogens is 411 g/mol. The fourth-order valence-electron chi connectivity index (χ4n) is 3.65. The van der Waals surface area contributed by atoms with Crippen LogP contribution in [0, 0.1) is 0 Å². The van der Waals surface area contributed by atoms with E-state index < -0.39 is 0 Å². The van der Waals surface area contributed by atoms with E-state index in [1.807, 2.05) is 41.3 Å². The summed E-state index contributed by atoms with van der Waals surface area (Å²) in [5.74, 6) is 0.942. The van der Waals surface area contributed by atoms with Crippen LogP contribution in [0.3, 0.4) is 0 Å². The van der Waals surface area contributed by atoms with Crippen molar-refractivity contribution >= 4 is 36.5 Å². The van der Waals surface area contributed by atoms with E-state index in [0.29, 0.717) is 12.1 Å². The predicted molar refractivity (Wildman–Crippen MR) is 120 cm³/mol. The molecule has 7 nitrogen and oxygen atoms in total. The number of amides is 1. The van der Waals surface area contributed by atoms with Gasteiger partial charge in [-0.25, -0.2) is 0 Å². The third-order valence-corrected chi connectivity index (χ3v) is 5.39. The molecule has 2 aromatic rings. The molecule has 2 fully saturated rings. The van der Waals surface area contributed by atoms with E-state index in [1.165, 1.54) is 0 Å². The van der Waals surface area contributed by atoms with Crippen LogP contribution in [0.5, 0.6) is 0 Å². The van der Waals surface area contributed by atoms with Gasteiger partial charge in [0.25, 0.3) is 5.91 Å². The lowest BCUT2D eigenvalue weighted by molar-refractivity contribution is 0.0791. The molecule has 1 atom stereocenters. The molecule has 0 radical (unpaired) electrons. The standard InChI is InChI=1S/C20H26N6O.2ClH/c1-24-9-11-25(12-10-24)19-6-5-18(22-23-19)15-3-2-4-16(13-15)20(27)26-8-7-17(21)14-26;;/h2-6,13,17H,7-12,14,21H2,1H3;2*1H. The van der Waals surface area contributed by atoms with Gasteiger partial charge in [0.2, 0.25) is 0 Å². The molecule has 0 saturated carbocycles. The van der Waals surface area contributed by atoms with E-state index in [2.05, 4.69) is 27.0 Å². The summed E-state index contributed by atoms with van der Waals surface area (Å²) in [6.45, 7) is 5.35. The number of anilines is 1. The minimum Gasteiger partial charge on any atom is -0.353 e. The van der Waals surface area contributed by atoms with Crippen molar-refractivity contribution in [3.05, 3.63) is 42.0 Å². The summed E-state index contributed by atoms with van der Waals surface area (Å²) in [6.07, 6.45) is 0.866. The van der Waals surface area contributed by atoms with Crippen molar-refractivity contribution in [2.75, 3.05) is 51.2 Å². The molecule has 1 aromatic heterocycles. The second kappa shape index (κ2) is 10.2. The van der Waals surface area contributed by atoms with Crippen LogP contribution in [0.15, 0.2) is 36.4 Å². The molecule has 9 heteroatoms. The van der Waals surface area contributed by atoms with E-state index in [4.69, 9.17) is 5.73 Å². The smallest absolute Gasteiger partial charge is 0.253 e. The lowest BCUT2D eigenvalue weighted by atomic mass is 10.1. The van der Waals surface area contributed by atoms with Crippen LogP contribution >= 0.6 is 24.8 Å². The van der Waals surface area contributed by atoms with Crippen LogP contribution in [0.4, 0.5) is 5.82 Å². The first-order valence-corrected chi connectivity index (χ1v) is 9.53. The predicted octanol–water partition coefficient (Wildman–Crippen LogP) is 1.91. The van der Waals surface area contributed by atoms with E-state index in [0.717, 1.165) is 56.2 Å². The van der Waals surface area contributed by atoms with Gasteiger partial charge in [0.15, 0.2) is 5.82 Å². The number of nitrogens with zero attached hydrogens (tertiary/aromatic N) is 5. The number of hydrogen-bond acceptors (Lipinski definition) is 6. The molecule has 2 aliphatic rings. The SMILES string of the molecule is CN1CCN(c2ccc(-c3cccc(C(=O)N4CCC(N)C4)c3)nn2)CC1.Cl.Cl. The Bertz CT molecular complexity index is 811. The van der Waals surface area contributed by atoms with Gasteiger partial charge in [-0.15, -0.1) is 35.0 Å². The largest absolute Gasteiger partial charge is 0.353 e. The van der Waals surface area contributed by atoms with Gasteiger partial charge in [-0.05, 0) is 37.7 Å². The van der Waals surface area contributed by atoms with E-state index in [9.17, 15) is 4.79 Å². The Kier molecular flexibility index (Phi) is 8.22. The van der Waals surface area contributed by atoms with Gasteiger partial charge in [-0.3, -0.25) is 4.79 Å². The Balaban J connectivity index is 0.00000150. The minimum atomic E-state index is 0. The summed E-state index contributed by atoms with van der Waals surface area (Å²) in [6, 6.07) is 11.7. The Morgan fingerprint density at radius 3 is 2.41 bits per heavy atom. The third kappa shape index (κ3) is 5.36. The lowest BCUT2D eigenvalue weighted by Crippen LogP contribution is -2.44. The van der Waals surface area contributed by atoms with Crippen LogP contribution in [0.2, 0.25) is 0 Å². The van der Waals surface area contributed by atoms with Crippen LogP contribution < -0.4 is 10.6 Å². The molecule has 0 aliphatic carbocycles. The Labute approximate surface area is 184 Å². The van der Waals surface area contributed by atoms with Gasteiger partial charge in [0.1, 0.15) is 0 Å². The highest BCUT2D eigenvalue weighted by atomic mass is 35.5. The van der Waals surface area contributed by atoms with Gasteiger partial charge in [-0.1, -0.05) is 12.1 Å². The molecule has 2 N–H and O–H groups in total. The Hall–Kier alpha value is -1.93. The summed E-state index contributed by atoms with van der Waals surface area (Å²) >= 11 is 0. The number of carbonyl (C=O) groups excluding carboxylic acids is 1. The number of rotatable bonds is 3. The first-order valence-electron chi connectivity index (χ1n) is 9.53. The van der Waals surface area contributed by atoms with Crippen molar-refractivity contribution in [3.8, 4) is 11.3 Å². The van der Waals surface area contributed by atoms with Crippen molar-refractivity contribution < 1.29 is 4.79 Å². The van der Waals surface area contributed by atoms with Gasteiger partial charge in [-0.2, -0.15) is 0 Å². The Morgan fingerprint density at radius 2 is 1.79 bits per heavy atom. The molecule has 1 amide bonds. The zero-order valence-corrected chi connectivity index (χ0v) is 18.2. The molecule has 1 unspecified atom stereocenters. The average molecular weight is 439 g/mol. The zero-order chi connectivity index (χ0) is 18.8. The number of likely N-dealkylation sites (N-methyl/N-ethyl adjacent to an activating group) is 1. The molecular formula is C20H28Cl2N6O. The molecule has 2 saturated heterocycles. The first kappa shape index (κ1) is 23.3. The molecule has 29 heavy (non-hydrogen) atoms. The number of benzene rings is 1. The topological polar surface area (TPSA) is 78.6 Å². The number of carbonyl (C=O) groups is 1. The van der Waals surface area contributed by atoms with Crippen molar-refractivity contribution in [2.24, 2.45) is 5.73 Å². The molecule has 3 heterocycles. The van der Waals surface area contributed by atoms with Crippen LogP contribution in [0.1, 0.15) is 16.8 Å². The number of hydrogen-bond donors (Lipinski definition) is 1. The third-order valence-electron chi connectivity index (χ3n) is 5.39. The summed E-state index contributed by atoms with van der Waals surface area (Å²) in [5, 5.41) is 8.81. The van der Waals surface area contributed by atoms with Crippen LogP contribution in [-0.2, 0) is 0 Å². The lowest BCUT2D eigenvalue weighted by Gasteiger charge is -2.32. The summed E-state index contributed by atoms with van der Waals surface area (Å²) in [5.41, 5.74) is 8.28. The average Bonchev–Trinajstić information content (AvgIpc) is 3.14. The highest BCUT2D eigenvalue weighted by molar-refractivity contribution is 5.95. The molecule has 0 bridgehead atoms. The van der Waals surface area contributed by atoms with Gasteiger partial charge in [0, 0.05) is 56.4 Å². The van der Waals surface area contributed by atoms with Gasteiger partial charge < -0.3 is 20.4 Å². The van der Waals surface area contributed by atoms with E-state index in [1.54, 1.807) is 0 Å². The number of likely N-dealkylation sites (tertiary alicyclic amines) is 1. The minimum absolute atomic E-state index is 0. The molecule has 0 spiro atoms. The highest BCUT2D eigenvalue weighted by Crippen LogP contribution is 2.22.